The number of aliphatic hydroxyl groups is 1. The summed E-state index contributed by atoms with van der Waals surface area (Å²) in [7, 11) is 0. The summed E-state index contributed by atoms with van der Waals surface area (Å²) in [5.41, 5.74) is 5.51. The zero-order valence-corrected chi connectivity index (χ0v) is 28.4. The van der Waals surface area contributed by atoms with Crippen molar-refractivity contribution in [3.8, 4) is 0 Å². The molecule has 1 saturated carbocycles. The summed E-state index contributed by atoms with van der Waals surface area (Å²) in [6, 6.07) is 21.1. The van der Waals surface area contributed by atoms with Crippen LogP contribution < -0.4 is 34.7 Å². The van der Waals surface area contributed by atoms with Gasteiger partial charge in [-0.15, -0.1) is 11.3 Å². The number of thioether (sulfide) groups is 1. The smallest absolute Gasteiger partial charge is 0.550 e. The number of aryl methyl sites for hydroxylation is 3. The first kappa shape index (κ1) is 32.5. The molecule has 0 amide bonds. The summed E-state index contributed by atoms with van der Waals surface area (Å²) in [5, 5.41) is 25.0. The Labute approximate surface area is 278 Å². The van der Waals surface area contributed by atoms with Crippen molar-refractivity contribution in [1.82, 2.24) is 4.98 Å². The normalized spacial score (nSPS) is 14.9. The Bertz CT molecular complexity index is 1500. The second-order valence-corrected chi connectivity index (χ2v) is 14.1. The Morgan fingerprint density at radius 2 is 1.90 bits per heavy atom. The number of fused-ring (bicyclic) bond motifs is 1. The van der Waals surface area contributed by atoms with E-state index in [1.165, 1.54) is 11.1 Å². The molecule has 0 bridgehead atoms. The summed E-state index contributed by atoms with van der Waals surface area (Å²) < 4.78 is 1.11. The number of pyridine rings is 1. The zero-order chi connectivity index (χ0) is 28.3. The molecular weight excluding hydrogens is 581 g/mol. The van der Waals surface area contributed by atoms with Crippen LogP contribution in [0, 0.1) is 5.41 Å². The van der Waals surface area contributed by atoms with E-state index >= 15 is 0 Å². The van der Waals surface area contributed by atoms with E-state index in [0.717, 1.165) is 71.3 Å². The maximum absolute atomic E-state index is 11.4. The molecule has 4 aromatic rings. The molecule has 0 radical (unpaired) electrons. The number of thiophene rings is 1. The van der Waals surface area contributed by atoms with Crippen LogP contribution in [0.4, 0.5) is 0 Å². The van der Waals surface area contributed by atoms with Gasteiger partial charge in [0.05, 0.1) is 20.8 Å². The molecule has 0 aliphatic heterocycles. The fraction of sp³-hybridized carbons (Fsp3) is 0.394. The van der Waals surface area contributed by atoms with Crippen molar-refractivity contribution in [3.05, 3.63) is 99.0 Å². The number of halogens is 1. The van der Waals surface area contributed by atoms with Crippen LogP contribution in [0.5, 0.6) is 0 Å². The van der Waals surface area contributed by atoms with Crippen LogP contribution >= 0.6 is 34.7 Å². The minimum Gasteiger partial charge on any atom is -0.550 e. The van der Waals surface area contributed by atoms with Gasteiger partial charge in [0.25, 0.3) is 0 Å². The third-order valence-corrected chi connectivity index (χ3v) is 10.9. The maximum Gasteiger partial charge on any atom is 1.00 e. The van der Waals surface area contributed by atoms with Gasteiger partial charge in [-0.3, -0.25) is 4.98 Å². The van der Waals surface area contributed by atoms with E-state index in [1.54, 1.807) is 11.3 Å². The monoisotopic (exact) mass is 615 g/mol. The number of carbonyl (C=O) groups excluding carboxylic acids is 1. The molecule has 4 nitrogen and oxygen atoms in total. The third-order valence-electron chi connectivity index (χ3n) is 7.84. The van der Waals surface area contributed by atoms with Crippen molar-refractivity contribution in [2.75, 3.05) is 5.75 Å². The van der Waals surface area contributed by atoms with Gasteiger partial charge in [0.1, 0.15) is 0 Å². The van der Waals surface area contributed by atoms with Crippen LogP contribution in [0.3, 0.4) is 0 Å². The largest absolute Gasteiger partial charge is 1.00 e. The van der Waals surface area contributed by atoms with E-state index in [2.05, 4.69) is 42.5 Å². The molecule has 2 aromatic heterocycles. The predicted octanol–water partition coefficient (Wildman–Crippen LogP) is 4.29. The number of carbonyl (C=O) groups is 1. The molecule has 1 aliphatic rings. The number of aromatic nitrogens is 1. The first-order valence-electron chi connectivity index (χ1n) is 13.9. The molecule has 5 rings (SSSR count). The summed E-state index contributed by atoms with van der Waals surface area (Å²) >= 11 is 9.80. The van der Waals surface area contributed by atoms with Gasteiger partial charge >= 0.3 is 29.6 Å². The molecule has 0 spiro atoms. The van der Waals surface area contributed by atoms with Crippen LogP contribution in [0.25, 0.3) is 10.2 Å². The molecule has 2 aromatic carbocycles. The van der Waals surface area contributed by atoms with Crippen molar-refractivity contribution in [1.29, 1.82) is 0 Å². The van der Waals surface area contributed by atoms with Crippen LogP contribution in [-0.4, -0.2) is 21.8 Å². The summed E-state index contributed by atoms with van der Waals surface area (Å²) in [4.78, 5) is 16.2. The van der Waals surface area contributed by atoms with Gasteiger partial charge in [0.2, 0.25) is 0 Å². The minimum absolute atomic E-state index is 0. The molecule has 41 heavy (non-hydrogen) atoms. The van der Waals surface area contributed by atoms with Crippen molar-refractivity contribution in [2.45, 2.75) is 69.6 Å². The van der Waals surface area contributed by atoms with E-state index in [-0.39, 0.29) is 46.6 Å². The van der Waals surface area contributed by atoms with Crippen molar-refractivity contribution in [3.63, 3.8) is 0 Å². The van der Waals surface area contributed by atoms with E-state index < -0.39 is 11.6 Å². The van der Waals surface area contributed by atoms with Crippen LogP contribution in [-0.2, 0) is 29.7 Å². The van der Waals surface area contributed by atoms with Crippen LogP contribution in [0.2, 0.25) is 5.02 Å². The average molecular weight is 616 g/mol. The van der Waals surface area contributed by atoms with Crippen molar-refractivity contribution in [2.24, 2.45) is 5.41 Å². The number of aliphatic carboxylic acids is 1. The Morgan fingerprint density at radius 3 is 2.63 bits per heavy atom. The van der Waals surface area contributed by atoms with E-state index in [1.807, 2.05) is 49.2 Å². The Kier molecular flexibility index (Phi) is 11.1. The second-order valence-electron chi connectivity index (χ2n) is 11.6. The maximum atomic E-state index is 11.4. The summed E-state index contributed by atoms with van der Waals surface area (Å²) in [5.74, 6) is -0.139. The molecular formula is C33H35ClNNaO3S2. The standard InChI is InChI=1S/C33H36ClNO3S2.Na/c1-32(2,38)26-9-4-3-7-23(26)11-14-28(40-21-33(16-17-33)19-30(36)37)24-8-5-6-22(18-24)10-12-25-13-15-29-31(35-25)27(34)20-39-29;/h3-9,13,15,18,20,28,38H,10-12,14,16-17,19,21H2,1-2H3,(H,36,37);/q;+1/p-1. The number of hydrogen-bond donors (Lipinski definition) is 1. The Hall–Kier alpha value is -1.38. The molecule has 1 aliphatic carbocycles. The number of hydrogen-bond acceptors (Lipinski definition) is 6. The fourth-order valence-corrected chi connectivity index (χ4v) is 8.04. The van der Waals surface area contributed by atoms with E-state index in [9.17, 15) is 15.0 Å². The number of nitrogens with zero attached hydrogens (tertiary/aromatic N) is 1. The number of rotatable bonds is 13. The SMILES string of the molecule is CC(C)(O)c1ccccc1CCC(SCC1(CC(=O)[O-])CC1)c1cccc(CCc2ccc3scc(Cl)c3n2)c1.[Na+]. The van der Waals surface area contributed by atoms with E-state index in [4.69, 9.17) is 16.6 Å². The third kappa shape index (κ3) is 8.60. The molecule has 210 valence electrons. The molecule has 1 unspecified atom stereocenters. The molecule has 1 N–H and O–H groups in total. The van der Waals surface area contributed by atoms with Crippen molar-refractivity contribution >= 4 is 50.9 Å². The van der Waals surface area contributed by atoms with E-state index in [0.29, 0.717) is 5.02 Å². The number of carboxylic acids is 1. The topological polar surface area (TPSA) is 73.2 Å². The van der Waals surface area contributed by atoms with Gasteiger partial charge < -0.3 is 15.0 Å². The summed E-state index contributed by atoms with van der Waals surface area (Å²) in [6.07, 6.45) is 5.48. The van der Waals surface area contributed by atoms with Gasteiger partial charge in [-0.05, 0) is 104 Å². The van der Waals surface area contributed by atoms with Crippen LogP contribution in [0.15, 0.2) is 66.0 Å². The first-order valence-corrected chi connectivity index (χ1v) is 16.2. The van der Waals surface area contributed by atoms with Gasteiger partial charge in [-0.1, -0.05) is 60.1 Å². The fourth-order valence-electron chi connectivity index (χ4n) is 5.39. The van der Waals surface area contributed by atoms with Gasteiger partial charge in [-0.2, -0.15) is 11.8 Å². The number of benzene rings is 2. The van der Waals surface area contributed by atoms with Crippen molar-refractivity contribution < 1.29 is 44.6 Å². The molecule has 0 saturated heterocycles. The van der Waals surface area contributed by atoms with Crippen LogP contribution in [0.1, 0.15) is 72.7 Å². The minimum atomic E-state index is -0.953. The summed E-state index contributed by atoms with van der Waals surface area (Å²) in [6.45, 7) is 3.66. The van der Waals surface area contributed by atoms with Gasteiger partial charge in [0, 0.05) is 22.3 Å². The molecule has 8 heteroatoms. The Balaban J connectivity index is 0.00000387. The van der Waals surface area contributed by atoms with Gasteiger partial charge in [0.15, 0.2) is 0 Å². The molecule has 1 atom stereocenters. The zero-order valence-electron chi connectivity index (χ0n) is 24.0. The predicted molar refractivity (Wildman–Crippen MR) is 165 cm³/mol. The quantitative estimate of drug-likeness (QED) is 0.227. The number of carboxylic acid groups (broad SMARTS) is 1. The van der Waals surface area contributed by atoms with Gasteiger partial charge in [-0.25, -0.2) is 0 Å². The Morgan fingerprint density at radius 1 is 1.12 bits per heavy atom. The first-order chi connectivity index (χ1) is 19.1. The molecule has 2 heterocycles. The average Bonchev–Trinajstić information content (AvgIpc) is 3.58. The molecule has 1 fully saturated rings. The second kappa shape index (κ2) is 13.9.